The van der Waals surface area contributed by atoms with Gasteiger partial charge in [-0.15, -0.1) is 0 Å². The van der Waals surface area contributed by atoms with E-state index in [9.17, 15) is 13.9 Å². The zero-order valence-electron chi connectivity index (χ0n) is 20.5. The molecule has 2 fully saturated rings. The highest BCUT2D eigenvalue weighted by atomic mass is 35.5. The van der Waals surface area contributed by atoms with Crippen molar-refractivity contribution in [3.63, 3.8) is 0 Å². The predicted octanol–water partition coefficient (Wildman–Crippen LogP) is 4.34. The van der Waals surface area contributed by atoms with Gasteiger partial charge in [0.15, 0.2) is 17.7 Å². The summed E-state index contributed by atoms with van der Waals surface area (Å²) in [4.78, 5) is 17.6. The third-order valence-corrected chi connectivity index (χ3v) is 7.39. The highest BCUT2D eigenvalue weighted by Crippen LogP contribution is 2.36. The van der Waals surface area contributed by atoms with Gasteiger partial charge in [-0.3, -0.25) is 0 Å². The molecule has 0 amide bonds. The molecule has 0 saturated carbocycles. The Morgan fingerprint density at radius 3 is 2.47 bits per heavy atom. The zero-order chi connectivity index (χ0) is 26.2. The molecule has 3 aromatic heterocycles. The van der Waals surface area contributed by atoms with Crippen molar-refractivity contribution in [3.05, 3.63) is 59.0 Å². The number of aliphatic hydroxyl groups excluding tert-OH is 1. The average molecular weight is 542 g/mol. The van der Waals surface area contributed by atoms with Gasteiger partial charge in [0.1, 0.15) is 27.7 Å². The van der Waals surface area contributed by atoms with Crippen molar-refractivity contribution in [2.45, 2.75) is 32.1 Å². The third kappa shape index (κ3) is 4.55. The summed E-state index contributed by atoms with van der Waals surface area (Å²) in [5, 5.41) is 14.9. The number of ether oxygens (including phenoxy) is 1. The molecule has 1 aromatic carbocycles. The van der Waals surface area contributed by atoms with Crippen LogP contribution in [-0.4, -0.2) is 62.6 Å². The smallest absolute Gasteiger partial charge is 0.232 e. The third-order valence-electron chi connectivity index (χ3n) is 7.03. The van der Waals surface area contributed by atoms with E-state index in [0.29, 0.717) is 66.7 Å². The molecular weight excluding hydrogens is 516 g/mol. The van der Waals surface area contributed by atoms with Gasteiger partial charge in [0, 0.05) is 50.2 Å². The molecule has 5 heterocycles. The van der Waals surface area contributed by atoms with Gasteiger partial charge < -0.3 is 19.6 Å². The molecule has 2 aliphatic heterocycles. The fourth-order valence-corrected chi connectivity index (χ4v) is 5.26. The number of aromatic nitrogens is 5. The normalized spacial score (nSPS) is 18.4. The number of nitrogens with zero attached hydrogens (tertiary/aromatic N) is 7. The van der Waals surface area contributed by atoms with Crippen LogP contribution in [0.15, 0.2) is 36.5 Å². The van der Waals surface area contributed by atoms with Crippen LogP contribution in [0.25, 0.3) is 22.4 Å². The molecule has 1 N–H and O–H groups in total. The molecule has 0 bridgehead atoms. The minimum absolute atomic E-state index is 0.156. The van der Waals surface area contributed by atoms with E-state index in [4.69, 9.17) is 31.4 Å². The SMILES string of the molecule is OCc1nc2c(-c3ccnc(F)c3Cl)nn(C3CCCCO3)c2nc1N1CCN(c2ccc(F)cc2)CC1. The van der Waals surface area contributed by atoms with Crippen LogP contribution >= 0.6 is 11.6 Å². The molecule has 1 atom stereocenters. The van der Waals surface area contributed by atoms with Crippen LogP contribution in [-0.2, 0) is 11.3 Å². The van der Waals surface area contributed by atoms with Crippen molar-refractivity contribution in [1.29, 1.82) is 0 Å². The van der Waals surface area contributed by atoms with Gasteiger partial charge >= 0.3 is 0 Å². The lowest BCUT2D eigenvalue weighted by Crippen LogP contribution is -2.47. The Labute approximate surface area is 222 Å². The molecule has 6 rings (SSSR count). The Morgan fingerprint density at radius 2 is 1.76 bits per heavy atom. The van der Waals surface area contributed by atoms with Crippen molar-refractivity contribution < 1.29 is 18.6 Å². The Morgan fingerprint density at radius 1 is 1.00 bits per heavy atom. The number of rotatable bonds is 5. The first kappa shape index (κ1) is 24.9. The van der Waals surface area contributed by atoms with E-state index >= 15 is 0 Å². The minimum Gasteiger partial charge on any atom is -0.390 e. The van der Waals surface area contributed by atoms with Crippen molar-refractivity contribution in [1.82, 2.24) is 24.7 Å². The maximum absolute atomic E-state index is 14.2. The summed E-state index contributed by atoms with van der Waals surface area (Å²) in [5.41, 5.74) is 2.93. The van der Waals surface area contributed by atoms with Crippen LogP contribution in [0.3, 0.4) is 0 Å². The van der Waals surface area contributed by atoms with E-state index < -0.39 is 5.95 Å². The lowest BCUT2D eigenvalue weighted by atomic mass is 10.1. The number of piperazine rings is 1. The summed E-state index contributed by atoms with van der Waals surface area (Å²) in [7, 11) is 0. The van der Waals surface area contributed by atoms with E-state index in [1.54, 1.807) is 22.9 Å². The average Bonchev–Trinajstić information content (AvgIpc) is 3.33. The maximum Gasteiger partial charge on any atom is 0.232 e. The number of anilines is 2. The summed E-state index contributed by atoms with van der Waals surface area (Å²) in [6, 6.07) is 8.04. The van der Waals surface area contributed by atoms with Crippen LogP contribution in [0.5, 0.6) is 0 Å². The van der Waals surface area contributed by atoms with Gasteiger partial charge in [-0.25, -0.2) is 24.0 Å². The summed E-state index contributed by atoms with van der Waals surface area (Å²) in [5.74, 6) is -0.502. The van der Waals surface area contributed by atoms with Gasteiger partial charge in [0.25, 0.3) is 0 Å². The fourth-order valence-electron chi connectivity index (χ4n) is 5.06. The molecular formula is C26H26ClF2N7O2. The molecule has 2 saturated heterocycles. The van der Waals surface area contributed by atoms with Gasteiger partial charge in [-0.2, -0.15) is 9.49 Å². The Kier molecular flexibility index (Phi) is 6.81. The van der Waals surface area contributed by atoms with Crippen molar-refractivity contribution >= 4 is 34.3 Å². The molecule has 198 valence electrons. The van der Waals surface area contributed by atoms with Crippen LogP contribution in [0.2, 0.25) is 5.02 Å². The van der Waals surface area contributed by atoms with Crippen molar-refractivity contribution in [2.24, 2.45) is 0 Å². The van der Waals surface area contributed by atoms with E-state index in [1.807, 2.05) is 0 Å². The monoisotopic (exact) mass is 541 g/mol. The highest BCUT2D eigenvalue weighted by molar-refractivity contribution is 6.33. The van der Waals surface area contributed by atoms with Gasteiger partial charge in [-0.1, -0.05) is 11.6 Å². The van der Waals surface area contributed by atoms with E-state index in [1.165, 1.54) is 18.3 Å². The van der Waals surface area contributed by atoms with Crippen molar-refractivity contribution in [3.8, 4) is 11.3 Å². The summed E-state index contributed by atoms with van der Waals surface area (Å²) < 4.78 is 35.3. The molecule has 0 radical (unpaired) electrons. The number of pyridine rings is 1. The van der Waals surface area contributed by atoms with E-state index in [-0.39, 0.29) is 23.7 Å². The molecule has 2 aliphatic rings. The predicted molar refractivity (Wildman–Crippen MR) is 139 cm³/mol. The molecule has 9 nitrogen and oxygen atoms in total. The Bertz CT molecular complexity index is 1450. The highest BCUT2D eigenvalue weighted by Gasteiger charge is 2.29. The second-order valence-corrected chi connectivity index (χ2v) is 9.73. The molecule has 1 unspecified atom stereocenters. The summed E-state index contributed by atoms with van der Waals surface area (Å²) in [6.07, 6.45) is 3.68. The van der Waals surface area contributed by atoms with E-state index in [2.05, 4.69) is 14.8 Å². The fraction of sp³-hybridized carbons (Fsp3) is 0.385. The quantitative estimate of drug-likeness (QED) is 0.373. The maximum atomic E-state index is 14.2. The first-order valence-electron chi connectivity index (χ1n) is 12.6. The molecule has 12 heteroatoms. The van der Waals surface area contributed by atoms with Gasteiger partial charge in [0.2, 0.25) is 5.95 Å². The number of hydrogen-bond acceptors (Lipinski definition) is 8. The first-order valence-corrected chi connectivity index (χ1v) is 13.0. The molecule has 0 spiro atoms. The summed E-state index contributed by atoms with van der Waals surface area (Å²) >= 11 is 6.27. The number of hydrogen-bond donors (Lipinski definition) is 1. The number of benzene rings is 1. The van der Waals surface area contributed by atoms with E-state index in [0.717, 1.165) is 24.9 Å². The molecule has 38 heavy (non-hydrogen) atoms. The second kappa shape index (κ2) is 10.4. The number of fused-ring (bicyclic) bond motifs is 1. The minimum atomic E-state index is -0.799. The number of halogens is 3. The second-order valence-electron chi connectivity index (χ2n) is 9.35. The van der Waals surface area contributed by atoms with Gasteiger partial charge in [-0.05, 0) is 49.6 Å². The molecule has 0 aliphatic carbocycles. The van der Waals surface area contributed by atoms with Crippen LogP contribution in [0.1, 0.15) is 31.2 Å². The van der Waals surface area contributed by atoms with Crippen LogP contribution < -0.4 is 9.80 Å². The number of aliphatic hydroxyl groups is 1. The van der Waals surface area contributed by atoms with Gasteiger partial charge in [0.05, 0.1) is 6.61 Å². The standard InChI is InChI=1S/C26H26ClF2N7O2/c27-21-18(8-9-30-24(21)29)22-23-26(36(33-22)20-3-1-2-14-38-20)32-25(19(15-37)31-23)35-12-10-34(11-13-35)17-6-4-16(28)5-7-17/h4-9,20,37H,1-3,10-15H2. The Balaban J connectivity index is 1.40. The topological polar surface area (TPSA) is 92.4 Å². The van der Waals surface area contributed by atoms with Crippen molar-refractivity contribution in [2.75, 3.05) is 42.6 Å². The lowest BCUT2D eigenvalue weighted by molar-refractivity contribution is -0.0368. The summed E-state index contributed by atoms with van der Waals surface area (Å²) in [6.45, 7) is 2.92. The molecule has 4 aromatic rings. The van der Waals surface area contributed by atoms with Crippen LogP contribution in [0, 0.1) is 11.8 Å². The largest absolute Gasteiger partial charge is 0.390 e. The first-order chi connectivity index (χ1) is 18.5. The lowest BCUT2D eigenvalue weighted by Gasteiger charge is -2.37. The Hall–Kier alpha value is -3.41. The van der Waals surface area contributed by atoms with Crippen LogP contribution in [0.4, 0.5) is 20.3 Å². The zero-order valence-corrected chi connectivity index (χ0v) is 21.3.